The molecule has 5 nitrogen and oxygen atoms in total. The Morgan fingerprint density at radius 2 is 1.85 bits per heavy atom. The third kappa shape index (κ3) is 4.42. The molecule has 1 aromatic carbocycles. The first-order valence-electron chi connectivity index (χ1n) is 6.11. The SMILES string of the molecule is COc1cc(NC(C)=O)c(Cl)cc1C(=O)NC(C)(C)C. The summed E-state index contributed by atoms with van der Waals surface area (Å²) in [6.07, 6.45) is 0. The van der Waals surface area contributed by atoms with E-state index in [0.717, 1.165) is 0 Å². The van der Waals surface area contributed by atoms with E-state index in [4.69, 9.17) is 16.3 Å². The second kappa shape index (κ2) is 6.13. The molecular formula is C14H19ClN2O3. The molecule has 2 amide bonds. The molecule has 0 spiro atoms. The molecule has 0 radical (unpaired) electrons. The first-order chi connectivity index (χ1) is 9.14. The van der Waals surface area contributed by atoms with Gasteiger partial charge in [-0.15, -0.1) is 0 Å². The van der Waals surface area contributed by atoms with E-state index in [9.17, 15) is 9.59 Å². The largest absolute Gasteiger partial charge is 0.496 e. The number of carbonyl (C=O) groups excluding carboxylic acids is 2. The molecule has 0 heterocycles. The van der Waals surface area contributed by atoms with Gasteiger partial charge in [-0.3, -0.25) is 9.59 Å². The van der Waals surface area contributed by atoms with E-state index in [1.165, 1.54) is 26.2 Å². The number of anilines is 1. The quantitative estimate of drug-likeness (QED) is 0.901. The number of methoxy groups -OCH3 is 1. The van der Waals surface area contributed by atoms with Gasteiger partial charge in [-0.1, -0.05) is 11.6 Å². The van der Waals surface area contributed by atoms with Gasteiger partial charge in [-0.25, -0.2) is 0 Å². The van der Waals surface area contributed by atoms with Crippen LogP contribution < -0.4 is 15.4 Å². The number of amides is 2. The number of benzene rings is 1. The van der Waals surface area contributed by atoms with Gasteiger partial charge < -0.3 is 15.4 Å². The van der Waals surface area contributed by atoms with Crippen LogP contribution in [0.15, 0.2) is 12.1 Å². The Morgan fingerprint density at radius 3 is 2.30 bits per heavy atom. The Morgan fingerprint density at radius 1 is 1.25 bits per heavy atom. The highest BCUT2D eigenvalue weighted by Gasteiger charge is 2.20. The lowest BCUT2D eigenvalue weighted by molar-refractivity contribution is -0.114. The molecule has 0 aliphatic carbocycles. The predicted octanol–water partition coefficient (Wildman–Crippen LogP) is 2.84. The van der Waals surface area contributed by atoms with Gasteiger partial charge in [0.25, 0.3) is 5.91 Å². The van der Waals surface area contributed by atoms with Gasteiger partial charge in [0, 0.05) is 18.5 Å². The first kappa shape index (κ1) is 16.3. The monoisotopic (exact) mass is 298 g/mol. The van der Waals surface area contributed by atoms with Crippen LogP contribution in [0, 0.1) is 0 Å². The van der Waals surface area contributed by atoms with Crippen molar-refractivity contribution in [2.45, 2.75) is 33.2 Å². The fourth-order valence-electron chi connectivity index (χ4n) is 1.59. The Labute approximate surface area is 123 Å². The molecule has 2 N–H and O–H groups in total. The lowest BCUT2D eigenvalue weighted by Gasteiger charge is -2.21. The lowest BCUT2D eigenvalue weighted by Crippen LogP contribution is -2.40. The molecule has 1 rings (SSSR count). The second-order valence-electron chi connectivity index (χ2n) is 5.42. The van der Waals surface area contributed by atoms with E-state index < -0.39 is 0 Å². The van der Waals surface area contributed by atoms with E-state index in [0.29, 0.717) is 17.0 Å². The summed E-state index contributed by atoms with van der Waals surface area (Å²) >= 11 is 6.07. The number of carbonyl (C=O) groups is 2. The number of hydrogen-bond acceptors (Lipinski definition) is 3. The second-order valence-corrected chi connectivity index (χ2v) is 5.82. The van der Waals surface area contributed by atoms with E-state index in [2.05, 4.69) is 10.6 Å². The fourth-order valence-corrected chi connectivity index (χ4v) is 1.80. The highest BCUT2D eigenvalue weighted by Crippen LogP contribution is 2.31. The molecule has 0 aliphatic heterocycles. The van der Waals surface area contributed by atoms with Crippen LogP contribution in [0.5, 0.6) is 5.75 Å². The summed E-state index contributed by atoms with van der Waals surface area (Å²) in [6.45, 7) is 7.02. The van der Waals surface area contributed by atoms with Crippen LogP contribution in [0.25, 0.3) is 0 Å². The van der Waals surface area contributed by atoms with Gasteiger partial charge in [0.05, 0.1) is 23.4 Å². The standard InChI is InChI=1S/C14H19ClN2O3/c1-8(18)16-11-7-12(20-5)9(6-10(11)15)13(19)17-14(2,3)4/h6-7H,1-5H3,(H,16,18)(H,17,19). The van der Waals surface area contributed by atoms with Crippen LogP contribution in [0.4, 0.5) is 5.69 Å². The van der Waals surface area contributed by atoms with Crippen molar-refractivity contribution >= 4 is 29.1 Å². The summed E-state index contributed by atoms with van der Waals surface area (Å²) in [5.74, 6) is -0.189. The zero-order chi connectivity index (χ0) is 15.5. The fraction of sp³-hybridized carbons (Fsp3) is 0.429. The van der Waals surface area contributed by atoms with Crippen molar-refractivity contribution < 1.29 is 14.3 Å². The van der Waals surface area contributed by atoms with Gasteiger partial charge in [-0.2, -0.15) is 0 Å². The zero-order valence-corrected chi connectivity index (χ0v) is 13.0. The number of nitrogens with one attached hydrogen (secondary N) is 2. The minimum Gasteiger partial charge on any atom is -0.496 e. The summed E-state index contributed by atoms with van der Waals surface area (Å²) in [4.78, 5) is 23.3. The molecule has 0 aromatic heterocycles. The van der Waals surface area contributed by atoms with E-state index in [1.807, 2.05) is 20.8 Å². The molecule has 110 valence electrons. The smallest absolute Gasteiger partial charge is 0.255 e. The maximum Gasteiger partial charge on any atom is 0.255 e. The topological polar surface area (TPSA) is 67.4 Å². The van der Waals surface area contributed by atoms with Crippen LogP contribution in [0.2, 0.25) is 5.02 Å². The Bertz CT molecular complexity index is 536. The number of ether oxygens (including phenoxy) is 1. The molecule has 0 saturated carbocycles. The van der Waals surface area contributed by atoms with Crippen LogP contribution in [-0.4, -0.2) is 24.5 Å². The van der Waals surface area contributed by atoms with E-state index in [-0.39, 0.29) is 22.4 Å². The van der Waals surface area contributed by atoms with E-state index >= 15 is 0 Å². The summed E-state index contributed by atoms with van der Waals surface area (Å²) < 4.78 is 5.19. The van der Waals surface area contributed by atoms with Gasteiger partial charge >= 0.3 is 0 Å². The molecule has 6 heteroatoms. The average molecular weight is 299 g/mol. The first-order valence-corrected chi connectivity index (χ1v) is 6.49. The molecule has 20 heavy (non-hydrogen) atoms. The molecule has 0 atom stereocenters. The van der Waals surface area contributed by atoms with Crippen molar-refractivity contribution in [2.24, 2.45) is 0 Å². The molecule has 0 saturated heterocycles. The zero-order valence-electron chi connectivity index (χ0n) is 12.3. The van der Waals surface area contributed by atoms with Crippen molar-refractivity contribution in [3.8, 4) is 5.75 Å². The van der Waals surface area contributed by atoms with Crippen molar-refractivity contribution in [2.75, 3.05) is 12.4 Å². The van der Waals surface area contributed by atoms with Gasteiger partial charge in [-0.05, 0) is 26.8 Å². The Kier molecular flexibility index (Phi) is 5.00. The minimum atomic E-state index is -0.370. The van der Waals surface area contributed by atoms with Crippen molar-refractivity contribution in [3.05, 3.63) is 22.7 Å². The average Bonchev–Trinajstić information content (AvgIpc) is 2.28. The summed E-state index contributed by atoms with van der Waals surface area (Å²) in [7, 11) is 1.45. The molecular weight excluding hydrogens is 280 g/mol. The maximum atomic E-state index is 12.2. The molecule has 0 unspecified atom stereocenters. The summed E-state index contributed by atoms with van der Waals surface area (Å²) in [5, 5.41) is 5.69. The minimum absolute atomic E-state index is 0.249. The third-order valence-electron chi connectivity index (χ3n) is 2.33. The van der Waals surface area contributed by atoms with Gasteiger partial charge in [0.1, 0.15) is 5.75 Å². The summed E-state index contributed by atoms with van der Waals surface area (Å²) in [5.41, 5.74) is 0.357. The summed E-state index contributed by atoms with van der Waals surface area (Å²) in [6, 6.07) is 3.01. The molecule has 0 bridgehead atoms. The lowest BCUT2D eigenvalue weighted by atomic mass is 10.1. The number of hydrogen-bond donors (Lipinski definition) is 2. The molecule has 0 fully saturated rings. The molecule has 1 aromatic rings. The number of rotatable bonds is 3. The van der Waals surface area contributed by atoms with Crippen LogP contribution >= 0.6 is 11.6 Å². The van der Waals surface area contributed by atoms with Gasteiger partial charge in [0.15, 0.2) is 0 Å². The maximum absolute atomic E-state index is 12.2. The molecule has 0 aliphatic rings. The normalized spacial score (nSPS) is 10.9. The van der Waals surface area contributed by atoms with Gasteiger partial charge in [0.2, 0.25) is 5.91 Å². The van der Waals surface area contributed by atoms with Crippen molar-refractivity contribution in [3.63, 3.8) is 0 Å². The highest BCUT2D eigenvalue weighted by atomic mass is 35.5. The number of halogens is 1. The van der Waals surface area contributed by atoms with Crippen molar-refractivity contribution in [1.82, 2.24) is 5.32 Å². The van der Waals surface area contributed by atoms with Crippen LogP contribution in [0.1, 0.15) is 38.1 Å². The highest BCUT2D eigenvalue weighted by molar-refractivity contribution is 6.34. The van der Waals surface area contributed by atoms with Crippen LogP contribution in [0.3, 0.4) is 0 Å². The van der Waals surface area contributed by atoms with Crippen molar-refractivity contribution in [1.29, 1.82) is 0 Å². The van der Waals surface area contributed by atoms with Crippen LogP contribution in [-0.2, 0) is 4.79 Å². The Balaban J connectivity index is 3.18. The Hall–Kier alpha value is -1.75. The third-order valence-corrected chi connectivity index (χ3v) is 2.65. The predicted molar refractivity (Wildman–Crippen MR) is 79.5 cm³/mol. The van der Waals surface area contributed by atoms with E-state index in [1.54, 1.807) is 0 Å².